The molecular weight excluding hydrogens is 380 g/mol. The van der Waals surface area contributed by atoms with E-state index in [2.05, 4.69) is 67.5 Å². The van der Waals surface area contributed by atoms with Gasteiger partial charge in [-0.1, -0.05) is 26.0 Å². The summed E-state index contributed by atoms with van der Waals surface area (Å²) in [5.41, 5.74) is 1.65. The van der Waals surface area contributed by atoms with E-state index in [4.69, 9.17) is 0 Å². The van der Waals surface area contributed by atoms with Crippen molar-refractivity contribution < 1.29 is 4.92 Å². The summed E-state index contributed by atoms with van der Waals surface area (Å²) in [7, 11) is 0. The summed E-state index contributed by atoms with van der Waals surface area (Å²) < 4.78 is 0. The molecule has 162 valence electrons. The normalized spacial score (nSPS) is 18.2. The van der Waals surface area contributed by atoms with E-state index in [1.165, 1.54) is 11.9 Å². The molecule has 0 spiro atoms. The smallest absolute Gasteiger partial charge is 0.353 e. The van der Waals surface area contributed by atoms with Crippen molar-refractivity contribution in [2.75, 3.05) is 10.6 Å². The predicted molar refractivity (Wildman–Crippen MR) is 120 cm³/mol. The standard InChI is InChI=1S/C22H32N6O2/c1-14(2)15-7-9-16(10-8-15)25-19-18(28(29)30)20(24-13-23-19)26-17-11-21(3,4)27-22(5,6)12-17/h7-10,13-14,17,27H,11-12H2,1-6H3,(H2,23,24,25,26). The molecule has 0 unspecified atom stereocenters. The number of anilines is 3. The van der Waals surface area contributed by atoms with Gasteiger partial charge in [0.05, 0.1) is 4.92 Å². The molecule has 8 nitrogen and oxygen atoms in total. The van der Waals surface area contributed by atoms with Crippen LogP contribution in [-0.2, 0) is 0 Å². The fourth-order valence-corrected chi connectivity index (χ4v) is 4.45. The molecule has 2 heterocycles. The molecule has 0 aliphatic carbocycles. The van der Waals surface area contributed by atoms with Gasteiger partial charge in [-0.05, 0) is 64.2 Å². The largest absolute Gasteiger partial charge is 0.361 e. The highest BCUT2D eigenvalue weighted by molar-refractivity contribution is 5.74. The van der Waals surface area contributed by atoms with Crippen molar-refractivity contribution in [3.05, 3.63) is 46.3 Å². The molecule has 0 atom stereocenters. The number of hydrogen-bond donors (Lipinski definition) is 3. The lowest BCUT2D eigenvalue weighted by molar-refractivity contribution is -0.383. The Bertz CT molecular complexity index is 892. The van der Waals surface area contributed by atoms with Crippen molar-refractivity contribution in [2.45, 2.75) is 77.4 Å². The monoisotopic (exact) mass is 412 g/mol. The number of nitro groups is 1. The zero-order chi connectivity index (χ0) is 22.1. The molecule has 0 saturated carbocycles. The van der Waals surface area contributed by atoms with Gasteiger partial charge in [-0.3, -0.25) is 10.1 Å². The lowest BCUT2D eigenvalue weighted by atomic mass is 9.79. The maximum Gasteiger partial charge on any atom is 0.353 e. The Kier molecular flexibility index (Phi) is 5.99. The average molecular weight is 413 g/mol. The third-order valence-electron chi connectivity index (χ3n) is 5.38. The number of rotatable bonds is 6. The van der Waals surface area contributed by atoms with Crippen molar-refractivity contribution in [3.8, 4) is 0 Å². The van der Waals surface area contributed by atoms with Crippen molar-refractivity contribution >= 4 is 23.0 Å². The van der Waals surface area contributed by atoms with Crippen molar-refractivity contribution in [2.24, 2.45) is 0 Å². The van der Waals surface area contributed by atoms with Gasteiger partial charge in [0.15, 0.2) is 0 Å². The van der Waals surface area contributed by atoms with Crippen LogP contribution < -0.4 is 16.0 Å². The predicted octanol–water partition coefficient (Wildman–Crippen LogP) is 4.97. The van der Waals surface area contributed by atoms with Crippen LogP contribution in [0.25, 0.3) is 0 Å². The molecule has 30 heavy (non-hydrogen) atoms. The minimum atomic E-state index is -0.426. The first-order valence-electron chi connectivity index (χ1n) is 10.4. The summed E-state index contributed by atoms with van der Waals surface area (Å²) in [6, 6.07) is 7.90. The van der Waals surface area contributed by atoms with Gasteiger partial charge in [-0.25, -0.2) is 9.97 Å². The molecule has 3 rings (SSSR count). The van der Waals surface area contributed by atoms with Gasteiger partial charge in [-0.2, -0.15) is 0 Å². The molecule has 8 heteroatoms. The molecule has 3 N–H and O–H groups in total. The Morgan fingerprint density at radius 3 is 2.17 bits per heavy atom. The van der Waals surface area contributed by atoms with E-state index in [-0.39, 0.29) is 34.4 Å². The van der Waals surface area contributed by atoms with Crippen LogP contribution in [0, 0.1) is 10.1 Å². The quantitative estimate of drug-likeness (QED) is 0.454. The molecule has 1 aromatic carbocycles. The van der Waals surface area contributed by atoms with Gasteiger partial charge in [0.1, 0.15) is 6.33 Å². The Hall–Kier alpha value is -2.74. The molecule has 1 aliphatic heterocycles. The summed E-state index contributed by atoms with van der Waals surface area (Å²) in [4.78, 5) is 19.8. The average Bonchev–Trinajstić information content (AvgIpc) is 2.59. The highest BCUT2D eigenvalue weighted by Crippen LogP contribution is 2.35. The van der Waals surface area contributed by atoms with Crippen LogP contribution in [0.1, 0.15) is 65.9 Å². The zero-order valence-electron chi connectivity index (χ0n) is 18.6. The van der Waals surface area contributed by atoms with E-state index in [0.717, 1.165) is 18.5 Å². The molecular formula is C22H32N6O2. The third kappa shape index (κ3) is 5.24. The van der Waals surface area contributed by atoms with E-state index in [0.29, 0.717) is 5.92 Å². The van der Waals surface area contributed by atoms with Gasteiger partial charge in [0.25, 0.3) is 0 Å². The van der Waals surface area contributed by atoms with Crippen LogP contribution in [0.5, 0.6) is 0 Å². The number of nitrogens with zero attached hydrogens (tertiary/aromatic N) is 3. The van der Waals surface area contributed by atoms with Crippen LogP contribution in [0.3, 0.4) is 0 Å². The van der Waals surface area contributed by atoms with E-state index >= 15 is 0 Å². The van der Waals surface area contributed by atoms with Crippen molar-refractivity contribution in [1.82, 2.24) is 15.3 Å². The van der Waals surface area contributed by atoms with Gasteiger partial charge >= 0.3 is 5.69 Å². The van der Waals surface area contributed by atoms with Crippen molar-refractivity contribution in [3.63, 3.8) is 0 Å². The number of piperidine rings is 1. The first-order chi connectivity index (χ1) is 14.0. The van der Waals surface area contributed by atoms with E-state index in [1.54, 1.807) is 0 Å². The summed E-state index contributed by atoms with van der Waals surface area (Å²) >= 11 is 0. The van der Waals surface area contributed by atoms with E-state index < -0.39 is 4.92 Å². The van der Waals surface area contributed by atoms with Crippen LogP contribution >= 0.6 is 0 Å². The highest BCUT2D eigenvalue weighted by Gasteiger charge is 2.38. The van der Waals surface area contributed by atoms with E-state index in [9.17, 15) is 10.1 Å². The fraction of sp³-hybridized carbons (Fsp3) is 0.545. The molecule has 0 bridgehead atoms. The highest BCUT2D eigenvalue weighted by atomic mass is 16.6. The lowest BCUT2D eigenvalue weighted by Gasteiger charge is -2.46. The molecule has 0 radical (unpaired) electrons. The molecule has 1 fully saturated rings. The second kappa shape index (κ2) is 8.18. The summed E-state index contributed by atoms with van der Waals surface area (Å²) in [5.74, 6) is 0.846. The Morgan fingerprint density at radius 1 is 1.07 bits per heavy atom. The van der Waals surface area contributed by atoms with Gasteiger partial charge in [0, 0.05) is 22.8 Å². The minimum Gasteiger partial charge on any atom is -0.361 e. The van der Waals surface area contributed by atoms with Gasteiger partial charge in [-0.15, -0.1) is 0 Å². The fourth-order valence-electron chi connectivity index (χ4n) is 4.45. The molecule has 0 amide bonds. The Morgan fingerprint density at radius 2 is 1.63 bits per heavy atom. The second-order valence-electron chi connectivity index (χ2n) is 9.72. The molecule has 1 saturated heterocycles. The Labute approximate surface area is 178 Å². The topological polar surface area (TPSA) is 105 Å². The van der Waals surface area contributed by atoms with Crippen LogP contribution in [-0.4, -0.2) is 32.0 Å². The SMILES string of the molecule is CC(C)c1ccc(Nc2ncnc(NC3CC(C)(C)NC(C)(C)C3)c2[N+](=O)[O-])cc1. The van der Waals surface area contributed by atoms with Gasteiger partial charge < -0.3 is 16.0 Å². The van der Waals surface area contributed by atoms with Crippen LogP contribution in [0.2, 0.25) is 0 Å². The number of aromatic nitrogens is 2. The summed E-state index contributed by atoms with van der Waals surface area (Å²) in [6.07, 6.45) is 3.02. The first kappa shape index (κ1) is 22.0. The lowest BCUT2D eigenvalue weighted by Crippen LogP contribution is -2.60. The van der Waals surface area contributed by atoms with E-state index in [1.807, 2.05) is 24.3 Å². The summed E-state index contributed by atoms with van der Waals surface area (Å²) in [6.45, 7) is 12.8. The Balaban J connectivity index is 1.87. The maximum absolute atomic E-state index is 11.9. The van der Waals surface area contributed by atoms with Gasteiger partial charge in [0.2, 0.25) is 11.6 Å². The minimum absolute atomic E-state index is 0.0584. The first-order valence-corrected chi connectivity index (χ1v) is 10.4. The molecule has 1 aliphatic rings. The zero-order valence-corrected chi connectivity index (χ0v) is 18.6. The number of nitrogens with one attached hydrogen (secondary N) is 3. The molecule has 2 aromatic rings. The second-order valence-corrected chi connectivity index (χ2v) is 9.72. The number of benzene rings is 1. The summed E-state index contributed by atoms with van der Waals surface area (Å²) in [5, 5.41) is 21.9. The van der Waals surface area contributed by atoms with Crippen LogP contribution in [0.15, 0.2) is 30.6 Å². The third-order valence-corrected chi connectivity index (χ3v) is 5.38. The maximum atomic E-state index is 11.9. The van der Waals surface area contributed by atoms with Crippen LogP contribution in [0.4, 0.5) is 23.0 Å². The molecule has 1 aromatic heterocycles. The van der Waals surface area contributed by atoms with Crippen molar-refractivity contribution in [1.29, 1.82) is 0 Å². The number of hydrogen-bond acceptors (Lipinski definition) is 7.